The van der Waals surface area contributed by atoms with Crippen LogP contribution in [0.5, 0.6) is 5.75 Å². The third kappa shape index (κ3) is 4.92. The highest BCUT2D eigenvalue weighted by molar-refractivity contribution is 7.99. The van der Waals surface area contributed by atoms with E-state index in [1.165, 1.54) is 11.1 Å². The topological polar surface area (TPSA) is 66.1 Å². The number of benzene rings is 1. The van der Waals surface area contributed by atoms with Crippen molar-refractivity contribution in [3.8, 4) is 5.75 Å². The summed E-state index contributed by atoms with van der Waals surface area (Å²) in [5, 5.41) is 13.2. The molecule has 0 bridgehead atoms. The Morgan fingerprint density at radius 2 is 2.26 bits per heavy atom. The minimum absolute atomic E-state index is 0.0710. The molecule has 3 N–H and O–H groups in total. The highest BCUT2D eigenvalue weighted by Crippen LogP contribution is 2.08. The van der Waals surface area contributed by atoms with Crippen LogP contribution in [0.4, 0.5) is 0 Å². The zero-order valence-corrected chi connectivity index (χ0v) is 11.4. The van der Waals surface area contributed by atoms with Crippen LogP contribution in [0.15, 0.2) is 29.4 Å². The van der Waals surface area contributed by atoms with Gasteiger partial charge in [-0.05, 0) is 17.7 Å². The molecule has 1 amide bonds. The molecule has 0 unspecified atom stereocenters. The van der Waals surface area contributed by atoms with Crippen molar-refractivity contribution in [3.05, 3.63) is 29.8 Å². The summed E-state index contributed by atoms with van der Waals surface area (Å²) in [5.41, 5.74) is 3.27. The third-order valence-electron chi connectivity index (χ3n) is 2.88. The molecule has 19 heavy (non-hydrogen) atoms. The number of nitrogens with zero attached hydrogens (tertiary/aromatic N) is 1. The molecule has 102 valence electrons. The summed E-state index contributed by atoms with van der Waals surface area (Å²) >= 11 is 1.94. The van der Waals surface area contributed by atoms with Gasteiger partial charge < -0.3 is 10.0 Å². The van der Waals surface area contributed by atoms with Crippen molar-refractivity contribution in [2.75, 3.05) is 31.1 Å². The smallest absolute Gasteiger partial charge is 0.295 e. The highest BCUT2D eigenvalue weighted by atomic mass is 32.2. The lowest BCUT2D eigenvalue weighted by molar-refractivity contribution is -0.888. The van der Waals surface area contributed by atoms with Crippen LogP contribution in [-0.4, -0.2) is 48.4 Å². The molecule has 0 spiro atoms. The number of amides is 1. The minimum Gasteiger partial charge on any atom is -0.508 e. The van der Waals surface area contributed by atoms with Crippen LogP contribution in [0.2, 0.25) is 0 Å². The molecule has 5 nitrogen and oxygen atoms in total. The van der Waals surface area contributed by atoms with Gasteiger partial charge in [-0.1, -0.05) is 12.1 Å². The van der Waals surface area contributed by atoms with Crippen molar-refractivity contribution < 1.29 is 14.8 Å². The van der Waals surface area contributed by atoms with E-state index in [-0.39, 0.29) is 11.7 Å². The van der Waals surface area contributed by atoms with Crippen LogP contribution in [0.25, 0.3) is 0 Å². The second-order valence-electron chi connectivity index (χ2n) is 4.43. The van der Waals surface area contributed by atoms with Crippen LogP contribution in [0.1, 0.15) is 5.56 Å². The van der Waals surface area contributed by atoms with Crippen molar-refractivity contribution in [2.45, 2.75) is 0 Å². The first-order chi connectivity index (χ1) is 9.24. The molecule has 1 aromatic rings. The summed E-state index contributed by atoms with van der Waals surface area (Å²) in [7, 11) is 0. The molecule has 1 aliphatic rings. The van der Waals surface area contributed by atoms with E-state index >= 15 is 0 Å². The fourth-order valence-corrected chi connectivity index (χ4v) is 2.96. The van der Waals surface area contributed by atoms with Gasteiger partial charge in [-0.3, -0.25) is 4.79 Å². The van der Waals surface area contributed by atoms with Gasteiger partial charge in [-0.25, -0.2) is 5.43 Å². The SMILES string of the molecule is O=C(C[NH+]1CCSCC1)N/N=C\c1cccc(O)c1. The zero-order valence-electron chi connectivity index (χ0n) is 10.6. The first-order valence-corrected chi connectivity index (χ1v) is 7.42. The summed E-state index contributed by atoms with van der Waals surface area (Å²) < 4.78 is 0. The lowest BCUT2D eigenvalue weighted by Crippen LogP contribution is -3.14. The Bertz CT molecular complexity index is 459. The quantitative estimate of drug-likeness (QED) is 0.513. The van der Waals surface area contributed by atoms with Gasteiger partial charge in [0.1, 0.15) is 5.75 Å². The molecule has 1 aliphatic heterocycles. The Balaban J connectivity index is 1.76. The molecule has 1 aromatic carbocycles. The molecule has 6 heteroatoms. The maximum atomic E-state index is 11.7. The summed E-state index contributed by atoms with van der Waals surface area (Å²) in [6, 6.07) is 6.72. The zero-order chi connectivity index (χ0) is 13.5. The summed E-state index contributed by atoms with van der Waals surface area (Å²) in [5.74, 6) is 2.36. The number of hydrogen-bond donors (Lipinski definition) is 3. The Hall–Kier alpha value is -1.53. The molecule has 1 fully saturated rings. The summed E-state index contributed by atoms with van der Waals surface area (Å²) in [6.45, 7) is 2.54. The van der Waals surface area contributed by atoms with Crippen LogP contribution >= 0.6 is 11.8 Å². The molecular weight excluding hydrogens is 262 g/mol. The second-order valence-corrected chi connectivity index (χ2v) is 5.65. The van der Waals surface area contributed by atoms with Crippen LogP contribution in [-0.2, 0) is 4.79 Å². The number of rotatable bonds is 4. The number of carbonyl (C=O) groups is 1. The number of carbonyl (C=O) groups excluding carboxylic acids is 1. The fourth-order valence-electron chi connectivity index (χ4n) is 1.89. The molecule has 0 aromatic heterocycles. The number of thioether (sulfide) groups is 1. The van der Waals surface area contributed by atoms with Crippen molar-refractivity contribution in [1.29, 1.82) is 0 Å². The fraction of sp³-hybridized carbons (Fsp3) is 0.385. The van der Waals surface area contributed by atoms with Crippen LogP contribution < -0.4 is 10.3 Å². The van der Waals surface area contributed by atoms with Gasteiger partial charge in [0, 0.05) is 11.5 Å². The predicted octanol–water partition coefficient (Wildman–Crippen LogP) is -0.526. The number of hydrogen-bond acceptors (Lipinski definition) is 4. The third-order valence-corrected chi connectivity index (χ3v) is 3.87. The maximum Gasteiger partial charge on any atom is 0.295 e. The van der Waals surface area contributed by atoms with Crippen molar-refractivity contribution in [3.63, 3.8) is 0 Å². The molecule has 1 heterocycles. The first kappa shape index (κ1) is 13.9. The average molecular weight is 280 g/mol. The van der Waals surface area contributed by atoms with E-state index in [4.69, 9.17) is 0 Å². The van der Waals surface area contributed by atoms with Gasteiger partial charge in [0.05, 0.1) is 19.3 Å². The van der Waals surface area contributed by atoms with E-state index < -0.39 is 0 Å². The van der Waals surface area contributed by atoms with Crippen LogP contribution in [0.3, 0.4) is 0 Å². The summed E-state index contributed by atoms with van der Waals surface area (Å²) in [6.07, 6.45) is 1.53. The predicted molar refractivity (Wildman–Crippen MR) is 76.7 cm³/mol. The first-order valence-electron chi connectivity index (χ1n) is 6.26. The van der Waals surface area contributed by atoms with Crippen molar-refractivity contribution in [1.82, 2.24) is 5.43 Å². The molecule has 0 saturated carbocycles. The molecular formula is C13H18N3O2S+. The Kier molecular flexibility index (Phi) is 5.23. The molecule has 1 saturated heterocycles. The minimum atomic E-state index is -0.0710. The van der Waals surface area contributed by atoms with E-state index in [0.29, 0.717) is 6.54 Å². The van der Waals surface area contributed by atoms with Gasteiger partial charge in [-0.2, -0.15) is 16.9 Å². The van der Waals surface area contributed by atoms with Crippen LogP contribution in [0, 0.1) is 0 Å². The largest absolute Gasteiger partial charge is 0.508 e. The van der Waals surface area contributed by atoms with Gasteiger partial charge in [0.2, 0.25) is 0 Å². The van der Waals surface area contributed by atoms with E-state index in [1.54, 1.807) is 18.2 Å². The molecule has 0 aliphatic carbocycles. The number of hydrazone groups is 1. The van der Waals surface area contributed by atoms with Gasteiger partial charge in [-0.15, -0.1) is 0 Å². The Morgan fingerprint density at radius 3 is 3.00 bits per heavy atom. The molecule has 0 radical (unpaired) electrons. The van der Waals surface area contributed by atoms with E-state index in [0.717, 1.165) is 30.2 Å². The maximum absolute atomic E-state index is 11.7. The summed E-state index contributed by atoms with van der Waals surface area (Å²) in [4.78, 5) is 13.0. The number of phenols is 1. The highest BCUT2D eigenvalue weighted by Gasteiger charge is 2.16. The average Bonchev–Trinajstić information content (AvgIpc) is 2.40. The second kappa shape index (κ2) is 7.16. The van der Waals surface area contributed by atoms with Gasteiger partial charge >= 0.3 is 0 Å². The number of quaternary nitrogens is 1. The molecule has 0 atom stereocenters. The van der Waals surface area contributed by atoms with E-state index in [2.05, 4.69) is 10.5 Å². The molecule has 2 rings (SSSR count). The number of aromatic hydroxyl groups is 1. The monoisotopic (exact) mass is 280 g/mol. The lowest BCUT2D eigenvalue weighted by Gasteiger charge is -2.21. The van der Waals surface area contributed by atoms with Gasteiger partial charge in [0.25, 0.3) is 5.91 Å². The van der Waals surface area contributed by atoms with Crippen molar-refractivity contribution in [2.24, 2.45) is 5.10 Å². The van der Waals surface area contributed by atoms with E-state index in [1.807, 2.05) is 17.8 Å². The Morgan fingerprint density at radius 1 is 1.47 bits per heavy atom. The van der Waals surface area contributed by atoms with Gasteiger partial charge in [0.15, 0.2) is 6.54 Å². The number of phenolic OH excluding ortho intramolecular Hbond substituents is 1. The van der Waals surface area contributed by atoms with E-state index in [9.17, 15) is 9.90 Å². The number of nitrogens with one attached hydrogen (secondary N) is 2. The van der Waals surface area contributed by atoms with Crippen molar-refractivity contribution >= 4 is 23.9 Å². The Labute approximate surface area is 116 Å². The lowest BCUT2D eigenvalue weighted by atomic mass is 10.2. The standard InChI is InChI=1S/C13H17N3O2S/c17-12-3-1-2-11(8-12)9-14-15-13(18)10-16-4-6-19-7-5-16/h1-3,8-9,17H,4-7,10H2,(H,15,18)/p+1/b14-9-. The normalized spacial score (nSPS) is 16.6.